The zero-order valence-electron chi connectivity index (χ0n) is 12.6. The first-order valence-electron chi connectivity index (χ1n) is 7.92. The maximum absolute atomic E-state index is 11.2. The van der Waals surface area contributed by atoms with Gasteiger partial charge in [-0.15, -0.1) is 0 Å². The van der Waals surface area contributed by atoms with E-state index in [1.807, 2.05) is 0 Å². The summed E-state index contributed by atoms with van der Waals surface area (Å²) in [6.07, 6.45) is 6.06. The van der Waals surface area contributed by atoms with Crippen molar-refractivity contribution in [2.45, 2.75) is 50.7 Å². The molecule has 2 unspecified atom stereocenters. The van der Waals surface area contributed by atoms with E-state index in [1.54, 1.807) is 0 Å². The van der Waals surface area contributed by atoms with Crippen LogP contribution in [0.25, 0.3) is 0 Å². The van der Waals surface area contributed by atoms with Gasteiger partial charge < -0.3 is 14.7 Å². The average Bonchev–Trinajstić information content (AvgIpc) is 2.70. The summed E-state index contributed by atoms with van der Waals surface area (Å²) in [7, 11) is 1.44. The third kappa shape index (κ3) is 4.43. The minimum atomic E-state index is -0.154. The Bertz CT molecular complexity index is 303. The van der Waals surface area contributed by atoms with E-state index < -0.39 is 0 Å². The standard InChI is InChI=1S/C15H28N2O3/c1-20-15(19)7-8-16-9-11-17(12-10-16)13-5-3-2-4-6-14(13)18/h13-14,18H,2-12H2,1H3. The molecule has 5 nitrogen and oxygen atoms in total. The van der Waals surface area contributed by atoms with Gasteiger partial charge in [0.15, 0.2) is 0 Å². The number of hydrogen-bond acceptors (Lipinski definition) is 5. The van der Waals surface area contributed by atoms with Gasteiger partial charge in [0, 0.05) is 38.8 Å². The number of nitrogens with zero attached hydrogens (tertiary/aromatic N) is 2. The molecule has 1 heterocycles. The zero-order chi connectivity index (χ0) is 14.4. The molecule has 1 saturated carbocycles. The predicted octanol–water partition coefficient (Wildman–Crippen LogP) is 0.861. The van der Waals surface area contributed by atoms with Crippen molar-refractivity contribution in [2.75, 3.05) is 39.8 Å². The van der Waals surface area contributed by atoms with E-state index in [0.717, 1.165) is 52.0 Å². The van der Waals surface area contributed by atoms with Crippen LogP contribution >= 0.6 is 0 Å². The van der Waals surface area contributed by atoms with E-state index in [2.05, 4.69) is 14.5 Å². The van der Waals surface area contributed by atoms with Crippen molar-refractivity contribution < 1.29 is 14.6 Å². The molecule has 116 valence electrons. The van der Waals surface area contributed by atoms with E-state index in [0.29, 0.717) is 12.5 Å². The Labute approximate surface area is 121 Å². The van der Waals surface area contributed by atoms with Crippen molar-refractivity contribution in [3.63, 3.8) is 0 Å². The molecule has 0 bridgehead atoms. The monoisotopic (exact) mass is 284 g/mol. The highest BCUT2D eigenvalue weighted by atomic mass is 16.5. The Morgan fingerprint density at radius 2 is 1.85 bits per heavy atom. The quantitative estimate of drug-likeness (QED) is 0.613. The Hall–Kier alpha value is -0.650. The summed E-state index contributed by atoms with van der Waals surface area (Å²) in [5.41, 5.74) is 0. The Balaban J connectivity index is 1.74. The first-order valence-corrected chi connectivity index (χ1v) is 7.92. The predicted molar refractivity (Wildman–Crippen MR) is 77.5 cm³/mol. The van der Waals surface area contributed by atoms with Crippen LogP contribution in [0.2, 0.25) is 0 Å². The molecule has 0 aromatic heterocycles. The number of carbonyl (C=O) groups excluding carboxylic acids is 1. The molecule has 2 aliphatic rings. The van der Waals surface area contributed by atoms with Gasteiger partial charge >= 0.3 is 5.97 Å². The summed E-state index contributed by atoms with van der Waals surface area (Å²) in [5, 5.41) is 10.3. The van der Waals surface area contributed by atoms with Crippen LogP contribution in [-0.2, 0) is 9.53 Å². The molecule has 2 atom stereocenters. The first kappa shape index (κ1) is 15.7. The fourth-order valence-corrected chi connectivity index (χ4v) is 3.36. The molecule has 0 radical (unpaired) electrons. The van der Waals surface area contributed by atoms with Crippen molar-refractivity contribution >= 4 is 5.97 Å². The van der Waals surface area contributed by atoms with Crippen molar-refractivity contribution in [1.82, 2.24) is 9.80 Å². The van der Waals surface area contributed by atoms with Crippen LogP contribution in [0.5, 0.6) is 0 Å². The Morgan fingerprint density at radius 3 is 2.55 bits per heavy atom. The summed E-state index contributed by atoms with van der Waals surface area (Å²) in [6.45, 7) is 4.76. The highest BCUT2D eigenvalue weighted by Crippen LogP contribution is 2.23. The van der Waals surface area contributed by atoms with Crippen molar-refractivity contribution in [1.29, 1.82) is 0 Å². The summed E-state index contributed by atoms with van der Waals surface area (Å²) in [5.74, 6) is -0.133. The number of esters is 1. The molecule has 2 fully saturated rings. The van der Waals surface area contributed by atoms with Crippen LogP contribution in [-0.4, -0.2) is 72.9 Å². The molecule has 2 rings (SSSR count). The number of hydrogen-bond donors (Lipinski definition) is 1. The van der Waals surface area contributed by atoms with E-state index >= 15 is 0 Å². The number of piperazine rings is 1. The summed E-state index contributed by atoms with van der Waals surface area (Å²) >= 11 is 0. The number of methoxy groups -OCH3 is 1. The fraction of sp³-hybridized carbons (Fsp3) is 0.933. The second-order valence-corrected chi connectivity index (χ2v) is 5.98. The molecule has 0 amide bonds. The maximum atomic E-state index is 11.2. The van der Waals surface area contributed by atoms with Crippen LogP contribution in [0.3, 0.4) is 0 Å². The van der Waals surface area contributed by atoms with Gasteiger partial charge in [-0.2, -0.15) is 0 Å². The van der Waals surface area contributed by atoms with E-state index in [1.165, 1.54) is 20.0 Å². The lowest BCUT2D eigenvalue weighted by atomic mass is 10.0. The third-order valence-electron chi connectivity index (χ3n) is 4.68. The minimum absolute atomic E-state index is 0.133. The topological polar surface area (TPSA) is 53.0 Å². The molecule has 5 heteroatoms. The molecule has 1 saturated heterocycles. The molecular formula is C15H28N2O3. The molecule has 0 spiro atoms. The van der Waals surface area contributed by atoms with Gasteiger partial charge in [-0.05, 0) is 12.8 Å². The third-order valence-corrected chi connectivity index (χ3v) is 4.68. The van der Waals surface area contributed by atoms with E-state index in [4.69, 9.17) is 0 Å². The smallest absolute Gasteiger partial charge is 0.306 e. The number of rotatable bonds is 4. The van der Waals surface area contributed by atoms with Crippen molar-refractivity contribution in [3.8, 4) is 0 Å². The van der Waals surface area contributed by atoms with Crippen LogP contribution < -0.4 is 0 Å². The number of aliphatic hydroxyl groups is 1. The first-order chi connectivity index (χ1) is 9.70. The minimum Gasteiger partial charge on any atom is -0.469 e. The van der Waals surface area contributed by atoms with Crippen LogP contribution in [0, 0.1) is 0 Å². The fourth-order valence-electron chi connectivity index (χ4n) is 3.36. The van der Waals surface area contributed by atoms with Crippen molar-refractivity contribution in [3.05, 3.63) is 0 Å². The maximum Gasteiger partial charge on any atom is 0.306 e. The van der Waals surface area contributed by atoms with Gasteiger partial charge in [0.2, 0.25) is 0 Å². The molecule has 0 aromatic carbocycles. The van der Waals surface area contributed by atoms with Gasteiger partial charge in [0.05, 0.1) is 19.6 Å². The van der Waals surface area contributed by atoms with Crippen LogP contribution in [0.1, 0.15) is 38.5 Å². The molecule has 1 aliphatic heterocycles. The summed E-state index contributed by atoms with van der Waals surface area (Å²) < 4.78 is 4.68. The molecule has 0 aromatic rings. The van der Waals surface area contributed by atoms with Crippen LogP contribution in [0.15, 0.2) is 0 Å². The number of ether oxygens (including phenoxy) is 1. The van der Waals surface area contributed by atoms with Gasteiger partial charge in [-0.1, -0.05) is 19.3 Å². The number of carbonyl (C=O) groups is 1. The van der Waals surface area contributed by atoms with Gasteiger partial charge in [0.1, 0.15) is 0 Å². The molecule has 20 heavy (non-hydrogen) atoms. The zero-order valence-corrected chi connectivity index (χ0v) is 12.6. The van der Waals surface area contributed by atoms with Gasteiger partial charge in [-0.25, -0.2) is 0 Å². The highest BCUT2D eigenvalue weighted by molar-refractivity contribution is 5.69. The van der Waals surface area contributed by atoms with E-state index in [9.17, 15) is 9.90 Å². The van der Waals surface area contributed by atoms with Crippen molar-refractivity contribution in [2.24, 2.45) is 0 Å². The second-order valence-electron chi connectivity index (χ2n) is 5.98. The lowest BCUT2D eigenvalue weighted by molar-refractivity contribution is -0.141. The largest absolute Gasteiger partial charge is 0.469 e. The lowest BCUT2D eigenvalue weighted by Gasteiger charge is -2.40. The van der Waals surface area contributed by atoms with Gasteiger partial charge in [0.25, 0.3) is 0 Å². The lowest BCUT2D eigenvalue weighted by Crippen LogP contribution is -2.53. The summed E-state index contributed by atoms with van der Waals surface area (Å²) in [4.78, 5) is 15.9. The normalized spacial score (nSPS) is 29.9. The summed E-state index contributed by atoms with van der Waals surface area (Å²) in [6, 6.07) is 0.347. The molecule has 1 aliphatic carbocycles. The molecular weight excluding hydrogens is 256 g/mol. The Kier molecular flexibility index (Phi) is 6.26. The molecule has 1 N–H and O–H groups in total. The van der Waals surface area contributed by atoms with E-state index in [-0.39, 0.29) is 12.1 Å². The highest BCUT2D eigenvalue weighted by Gasteiger charge is 2.29. The number of aliphatic hydroxyl groups excluding tert-OH is 1. The Morgan fingerprint density at radius 1 is 1.15 bits per heavy atom. The van der Waals surface area contributed by atoms with Gasteiger partial charge in [-0.3, -0.25) is 9.69 Å². The average molecular weight is 284 g/mol. The second kappa shape index (κ2) is 7.96. The SMILES string of the molecule is COC(=O)CCN1CCN(C2CCCCCC2O)CC1. The van der Waals surface area contributed by atoms with Crippen LogP contribution in [0.4, 0.5) is 0 Å².